The molecule has 3 rings (SSSR count). The van der Waals surface area contributed by atoms with Crippen molar-refractivity contribution in [2.24, 2.45) is 5.92 Å². The van der Waals surface area contributed by atoms with Crippen molar-refractivity contribution in [3.63, 3.8) is 0 Å². The lowest BCUT2D eigenvalue weighted by atomic mass is 9.66. The van der Waals surface area contributed by atoms with Crippen molar-refractivity contribution < 1.29 is 24.2 Å². The van der Waals surface area contributed by atoms with E-state index in [-0.39, 0.29) is 19.6 Å². The molecular formula is C25H29NO5. The van der Waals surface area contributed by atoms with Crippen LogP contribution >= 0.6 is 0 Å². The average molecular weight is 424 g/mol. The van der Waals surface area contributed by atoms with Crippen LogP contribution in [0.1, 0.15) is 38.7 Å². The topological polar surface area (TPSA) is 84.9 Å². The molecule has 1 aliphatic rings. The highest BCUT2D eigenvalue weighted by Crippen LogP contribution is 2.48. The van der Waals surface area contributed by atoms with Crippen molar-refractivity contribution in [3.05, 3.63) is 77.5 Å². The highest BCUT2D eigenvalue weighted by molar-refractivity contribution is 5.94. The van der Waals surface area contributed by atoms with Crippen LogP contribution in [0.2, 0.25) is 0 Å². The second-order valence-electron chi connectivity index (χ2n) is 7.76. The van der Waals surface area contributed by atoms with Crippen LogP contribution in [0.4, 0.5) is 5.69 Å². The molecule has 2 aromatic rings. The Morgan fingerprint density at radius 3 is 2.16 bits per heavy atom. The first kappa shape index (κ1) is 22.6. The van der Waals surface area contributed by atoms with Gasteiger partial charge in [0.1, 0.15) is 0 Å². The zero-order valence-corrected chi connectivity index (χ0v) is 18.1. The zero-order valence-electron chi connectivity index (χ0n) is 18.1. The molecule has 3 atom stereocenters. The summed E-state index contributed by atoms with van der Waals surface area (Å²) in [5, 5.41) is 14.7. The SMILES string of the molecule is CCOC(=O)C1=C(Nc2ccccc2)C[C@](C)(O)[C@H](C(=O)OCC)[C@H]1c1ccccc1. The maximum absolute atomic E-state index is 13.2. The third-order valence-electron chi connectivity index (χ3n) is 5.44. The van der Waals surface area contributed by atoms with Gasteiger partial charge in [-0.2, -0.15) is 0 Å². The molecule has 31 heavy (non-hydrogen) atoms. The summed E-state index contributed by atoms with van der Waals surface area (Å²) < 4.78 is 10.7. The molecule has 2 aromatic carbocycles. The lowest BCUT2D eigenvalue weighted by Crippen LogP contribution is -2.49. The van der Waals surface area contributed by atoms with E-state index in [1.807, 2.05) is 60.7 Å². The van der Waals surface area contributed by atoms with Gasteiger partial charge in [0.2, 0.25) is 0 Å². The smallest absolute Gasteiger partial charge is 0.336 e. The summed E-state index contributed by atoms with van der Waals surface area (Å²) in [6, 6.07) is 18.6. The molecule has 0 saturated heterocycles. The van der Waals surface area contributed by atoms with Gasteiger partial charge in [-0.05, 0) is 38.5 Å². The minimum atomic E-state index is -1.44. The summed E-state index contributed by atoms with van der Waals surface area (Å²) in [5.41, 5.74) is 0.929. The van der Waals surface area contributed by atoms with Gasteiger partial charge in [-0.15, -0.1) is 0 Å². The van der Waals surface area contributed by atoms with Crippen LogP contribution in [0.15, 0.2) is 71.9 Å². The van der Waals surface area contributed by atoms with Gasteiger partial charge in [-0.25, -0.2) is 4.79 Å². The number of rotatable bonds is 7. The third kappa shape index (κ3) is 4.97. The first-order valence-corrected chi connectivity index (χ1v) is 10.5. The van der Waals surface area contributed by atoms with Gasteiger partial charge in [0.05, 0.1) is 30.3 Å². The highest BCUT2D eigenvalue weighted by Gasteiger charge is 2.52. The summed E-state index contributed by atoms with van der Waals surface area (Å²) in [6.07, 6.45) is 0.0723. The number of para-hydroxylation sites is 1. The molecule has 0 spiro atoms. The fourth-order valence-corrected chi connectivity index (χ4v) is 4.18. The fourth-order valence-electron chi connectivity index (χ4n) is 4.18. The number of hydrogen-bond donors (Lipinski definition) is 2. The van der Waals surface area contributed by atoms with Gasteiger partial charge >= 0.3 is 11.9 Å². The Bertz CT molecular complexity index is 937. The maximum Gasteiger partial charge on any atom is 0.336 e. The van der Waals surface area contributed by atoms with E-state index in [9.17, 15) is 14.7 Å². The number of esters is 2. The first-order chi connectivity index (χ1) is 14.9. The van der Waals surface area contributed by atoms with Crippen molar-refractivity contribution in [2.75, 3.05) is 18.5 Å². The Labute approximate surface area is 182 Å². The number of carbonyl (C=O) groups is 2. The molecule has 0 fully saturated rings. The summed E-state index contributed by atoms with van der Waals surface area (Å²) in [6.45, 7) is 5.45. The monoisotopic (exact) mass is 423 g/mol. The van der Waals surface area contributed by atoms with Crippen molar-refractivity contribution in [1.82, 2.24) is 0 Å². The van der Waals surface area contributed by atoms with E-state index in [1.54, 1.807) is 20.8 Å². The van der Waals surface area contributed by atoms with Crippen molar-refractivity contribution in [2.45, 2.75) is 38.7 Å². The Hall–Kier alpha value is -3.12. The Morgan fingerprint density at radius 2 is 1.58 bits per heavy atom. The number of nitrogens with one attached hydrogen (secondary N) is 1. The summed E-state index contributed by atoms with van der Waals surface area (Å²) in [5.74, 6) is -2.74. The number of carbonyl (C=O) groups excluding carboxylic acids is 2. The van der Waals surface area contributed by atoms with E-state index in [0.717, 1.165) is 11.3 Å². The first-order valence-electron chi connectivity index (χ1n) is 10.5. The summed E-state index contributed by atoms with van der Waals surface area (Å²) >= 11 is 0. The number of anilines is 1. The molecule has 6 nitrogen and oxygen atoms in total. The van der Waals surface area contributed by atoms with Crippen LogP contribution < -0.4 is 5.32 Å². The van der Waals surface area contributed by atoms with Gasteiger partial charge in [-0.1, -0.05) is 48.5 Å². The molecule has 6 heteroatoms. The molecule has 0 saturated carbocycles. The normalized spacial score (nSPS) is 23.2. The second kappa shape index (κ2) is 9.79. The predicted octanol–water partition coefficient (Wildman–Crippen LogP) is 4.03. The highest BCUT2D eigenvalue weighted by atomic mass is 16.5. The van der Waals surface area contributed by atoms with Crippen LogP contribution in [0.5, 0.6) is 0 Å². The molecule has 1 aliphatic carbocycles. The zero-order chi connectivity index (χ0) is 22.4. The Balaban J connectivity index is 2.22. The average Bonchev–Trinajstić information content (AvgIpc) is 2.74. The molecule has 164 valence electrons. The number of benzene rings is 2. The van der Waals surface area contributed by atoms with Gasteiger partial charge in [0.25, 0.3) is 0 Å². The van der Waals surface area contributed by atoms with E-state index in [4.69, 9.17) is 9.47 Å². The molecule has 0 aromatic heterocycles. The molecule has 0 aliphatic heterocycles. The van der Waals surface area contributed by atoms with Gasteiger partial charge in [0.15, 0.2) is 0 Å². The molecule has 0 amide bonds. The Morgan fingerprint density at radius 1 is 1.00 bits per heavy atom. The second-order valence-corrected chi connectivity index (χ2v) is 7.76. The van der Waals surface area contributed by atoms with E-state index in [2.05, 4.69) is 5.32 Å². The lowest BCUT2D eigenvalue weighted by Gasteiger charge is -2.43. The lowest BCUT2D eigenvalue weighted by molar-refractivity contribution is -0.159. The minimum Gasteiger partial charge on any atom is -0.466 e. The molecule has 0 heterocycles. The quantitative estimate of drug-likeness (QED) is 0.654. The van der Waals surface area contributed by atoms with E-state index < -0.39 is 29.4 Å². The van der Waals surface area contributed by atoms with Gasteiger partial charge in [-0.3, -0.25) is 4.79 Å². The van der Waals surface area contributed by atoms with Crippen LogP contribution in [-0.4, -0.2) is 35.9 Å². The third-order valence-corrected chi connectivity index (χ3v) is 5.44. The molecule has 0 bridgehead atoms. The van der Waals surface area contributed by atoms with Crippen LogP contribution in [-0.2, 0) is 19.1 Å². The van der Waals surface area contributed by atoms with Crippen LogP contribution in [0, 0.1) is 5.92 Å². The van der Waals surface area contributed by atoms with Crippen LogP contribution in [0.3, 0.4) is 0 Å². The number of aliphatic hydroxyl groups is 1. The maximum atomic E-state index is 13.2. The predicted molar refractivity (Wildman–Crippen MR) is 118 cm³/mol. The van der Waals surface area contributed by atoms with Crippen molar-refractivity contribution in [3.8, 4) is 0 Å². The van der Waals surface area contributed by atoms with E-state index in [0.29, 0.717) is 11.3 Å². The summed E-state index contributed by atoms with van der Waals surface area (Å²) in [7, 11) is 0. The van der Waals surface area contributed by atoms with Crippen LogP contribution in [0.25, 0.3) is 0 Å². The molecule has 2 N–H and O–H groups in total. The van der Waals surface area contributed by atoms with E-state index in [1.165, 1.54) is 0 Å². The molecule has 0 radical (unpaired) electrons. The standard InChI is InChI=1S/C25H29NO5/c1-4-30-23(27)21-19(26-18-14-10-7-11-15-18)16-25(3,29)22(24(28)31-5-2)20(21)17-12-8-6-9-13-17/h6-15,20,22,26,29H,4-5,16H2,1-3H3/t20-,22-,25-/m0/s1. The Kier molecular flexibility index (Phi) is 7.13. The van der Waals surface area contributed by atoms with Crippen molar-refractivity contribution in [1.29, 1.82) is 0 Å². The number of ether oxygens (including phenoxy) is 2. The van der Waals surface area contributed by atoms with Crippen molar-refractivity contribution >= 4 is 17.6 Å². The summed E-state index contributed by atoms with van der Waals surface area (Å²) in [4.78, 5) is 26.2. The molecular weight excluding hydrogens is 394 g/mol. The minimum absolute atomic E-state index is 0.0723. The number of hydrogen-bond acceptors (Lipinski definition) is 6. The van der Waals surface area contributed by atoms with Gasteiger partial charge < -0.3 is 19.9 Å². The molecule has 0 unspecified atom stereocenters. The van der Waals surface area contributed by atoms with E-state index >= 15 is 0 Å². The fraction of sp³-hybridized carbons (Fsp3) is 0.360. The van der Waals surface area contributed by atoms with Gasteiger partial charge in [0, 0.05) is 23.7 Å². The largest absolute Gasteiger partial charge is 0.466 e.